The first-order valence-corrected chi connectivity index (χ1v) is 8.50. The number of nitrogen functional groups attached to an aromatic ring is 1. The van der Waals surface area contributed by atoms with E-state index in [9.17, 15) is 32.3 Å². The largest absolute Gasteiger partial charge is 0.479 e. The van der Waals surface area contributed by atoms with Gasteiger partial charge in [0.15, 0.2) is 6.10 Å². The molecule has 0 saturated carbocycles. The second-order valence-corrected chi connectivity index (χ2v) is 6.77. The SMILES string of the molecule is CC(OC(=O)c1cc(-n2c(=O)cc(C(C)(F)F)n(N)c2=O)c(F)cc1Br)C(=O)O. The van der Waals surface area contributed by atoms with Crippen molar-refractivity contribution >= 4 is 27.9 Å². The minimum absolute atomic E-state index is 0.0205. The summed E-state index contributed by atoms with van der Waals surface area (Å²) in [5, 5.41) is 8.81. The fourth-order valence-electron chi connectivity index (χ4n) is 2.26. The zero-order chi connectivity index (χ0) is 22.3. The van der Waals surface area contributed by atoms with Gasteiger partial charge in [-0.2, -0.15) is 8.78 Å². The molecule has 1 aromatic carbocycles. The van der Waals surface area contributed by atoms with Crippen LogP contribution in [0.5, 0.6) is 0 Å². The van der Waals surface area contributed by atoms with E-state index in [0.29, 0.717) is 19.1 Å². The van der Waals surface area contributed by atoms with Gasteiger partial charge in [-0.3, -0.25) is 4.79 Å². The van der Waals surface area contributed by atoms with Gasteiger partial charge in [-0.1, -0.05) is 0 Å². The monoisotopic (exact) mass is 479 g/mol. The molecule has 9 nitrogen and oxygen atoms in total. The minimum Gasteiger partial charge on any atom is -0.479 e. The number of aromatic nitrogens is 2. The highest BCUT2D eigenvalue weighted by molar-refractivity contribution is 9.10. The summed E-state index contributed by atoms with van der Waals surface area (Å²) in [5.41, 5.74) is -5.12. The molecule has 0 spiro atoms. The Labute approximate surface area is 168 Å². The van der Waals surface area contributed by atoms with Crippen molar-refractivity contribution in [2.45, 2.75) is 25.9 Å². The van der Waals surface area contributed by atoms with Gasteiger partial charge in [0.05, 0.1) is 11.3 Å². The van der Waals surface area contributed by atoms with Crippen molar-refractivity contribution < 1.29 is 32.6 Å². The number of ether oxygens (including phenoxy) is 1. The standard InChI is InChI=1S/C16H13BrF3N3O6/c1-6(13(25)26)29-14(27)7-3-10(9(18)4-8(7)17)22-12(24)5-11(16(2,19)20)23(21)15(22)28/h3-6H,21H2,1-2H3,(H,25,26). The van der Waals surface area contributed by atoms with Crippen molar-refractivity contribution in [2.75, 3.05) is 5.84 Å². The molecule has 0 amide bonds. The number of carboxylic acid groups (broad SMARTS) is 1. The van der Waals surface area contributed by atoms with Gasteiger partial charge in [-0.15, -0.1) is 0 Å². The molecule has 1 atom stereocenters. The molecule has 1 aromatic heterocycles. The van der Waals surface area contributed by atoms with Crippen molar-refractivity contribution in [2.24, 2.45) is 0 Å². The number of carboxylic acids is 1. The van der Waals surface area contributed by atoms with Crippen LogP contribution in [0.4, 0.5) is 13.2 Å². The molecular weight excluding hydrogens is 467 g/mol. The molecule has 2 aromatic rings. The van der Waals surface area contributed by atoms with E-state index < -0.39 is 58.0 Å². The Bertz CT molecular complexity index is 1120. The Morgan fingerprint density at radius 2 is 1.86 bits per heavy atom. The van der Waals surface area contributed by atoms with Crippen molar-refractivity contribution in [3.63, 3.8) is 0 Å². The molecule has 29 heavy (non-hydrogen) atoms. The number of rotatable bonds is 5. The summed E-state index contributed by atoms with van der Waals surface area (Å²) in [5.74, 6) is -2.13. The highest BCUT2D eigenvalue weighted by atomic mass is 79.9. The van der Waals surface area contributed by atoms with Crippen molar-refractivity contribution in [1.82, 2.24) is 9.24 Å². The van der Waals surface area contributed by atoms with E-state index >= 15 is 0 Å². The predicted molar refractivity (Wildman–Crippen MR) is 96.2 cm³/mol. The van der Waals surface area contributed by atoms with Crippen LogP contribution in [-0.4, -0.2) is 32.4 Å². The van der Waals surface area contributed by atoms with Crippen molar-refractivity contribution in [3.8, 4) is 5.69 Å². The fraction of sp³-hybridized carbons (Fsp3) is 0.250. The molecule has 0 fully saturated rings. The smallest absolute Gasteiger partial charge is 0.354 e. The number of hydrogen-bond acceptors (Lipinski definition) is 6. The van der Waals surface area contributed by atoms with E-state index in [0.717, 1.165) is 13.0 Å². The van der Waals surface area contributed by atoms with Gasteiger partial charge in [-0.25, -0.2) is 28.0 Å². The minimum atomic E-state index is -3.63. The van der Waals surface area contributed by atoms with Gasteiger partial charge in [-0.05, 0) is 35.0 Å². The van der Waals surface area contributed by atoms with Crippen LogP contribution in [0.25, 0.3) is 5.69 Å². The third-order valence-corrected chi connectivity index (χ3v) is 4.37. The van der Waals surface area contributed by atoms with E-state index in [1.807, 2.05) is 0 Å². The number of hydrogen-bond donors (Lipinski definition) is 2. The first-order valence-electron chi connectivity index (χ1n) is 7.71. The van der Waals surface area contributed by atoms with E-state index in [2.05, 4.69) is 20.7 Å². The topological polar surface area (TPSA) is 134 Å². The van der Waals surface area contributed by atoms with Gasteiger partial charge >= 0.3 is 17.6 Å². The van der Waals surface area contributed by atoms with Gasteiger partial charge in [0, 0.05) is 17.5 Å². The number of carbonyl (C=O) groups is 2. The Kier molecular flexibility index (Phi) is 5.92. The molecule has 1 heterocycles. The van der Waals surface area contributed by atoms with E-state index in [-0.39, 0.29) is 13.7 Å². The van der Waals surface area contributed by atoms with Crippen LogP contribution < -0.4 is 17.1 Å². The summed E-state index contributed by atoms with van der Waals surface area (Å²) in [7, 11) is 0. The molecule has 2 rings (SSSR count). The third kappa shape index (κ3) is 4.34. The Morgan fingerprint density at radius 3 is 2.38 bits per heavy atom. The van der Waals surface area contributed by atoms with Crippen LogP contribution in [0, 0.1) is 5.82 Å². The lowest BCUT2D eigenvalue weighted by Gasteiger charge is -2.17. The summed E-state index contributed by atoms with van der Waals surface area (Å²) in [6.07, 6.45) is -1.54. The lowest BCUT2D eigenvalue weighted by atomic mass is 10.2. The van der Waals surface area contributed by atoms with Crippen LogP contribution in [0.1, 0.15) is 29.9 Å². The number of esters is 1. The number of carbonyl (C=O) groups excluding carboxylic acids is 1. The summed E-state index contributed by atoms with van der Waals surface area (Å²) in [6.45, 7) is 1.48. The number of aliphatic carboxylic acids is 1. The second-order valence-electron chi connectivity index (χ2n) is 5.91. The Hall–Kier alpha value is -3.09. The van der Waals surface area contributed by atoms with Gasteiger partial charge in [0.1, 0.15) is 11.5 Å². The Balaban J connectivity index is 2.70. The number of nitrogens with two attached hydrogens (primary N) is 1. The molecule has 156 valence electrons. The van der Waals surface area contributed by atoms with Gasteiger partial charge < -0.3 is 15.7 Å². The maximum Gasteiger partial charge on any atom is 0.354 e. The number of benzene rings is 1. The highest BCUT2D eigenvalue weighted by Gasteiger charge is 2.31. The second kappa shape index (κ2) is 7.73. The van der Waals surface area contributed by atoms with E-state index in [1.165, 1.54) is 0 Å². The average molecular weight is 480 g/mol. The summed E-state index contributed by atoms with van der Waals surface area (Å²) in [4.78, 5) is 47.6. The predicted octanol–water partition coefficient (Wildman–Crippen LogP) is 1.36. The molecule has 3 N–H and O–H groups in total. The number of nitrogens with zero attached hydrogens (tertiary/aromatic N) is 2. The van der Waals surface area contributed by atoms with Crippen LogP contribution in [0.3, 0.4) is 0 Å². The summed E-state index contributed by atoms with van der Waals surface area (Å²) in [6, 6.07) is 1.79. The Morgan fingerprint density at radius 1 is 1.28 bits per heavy atom. The highest BCUT2D eigenvalue weighted by Crippen LogP contribution is 2.26. The van der Waals surface area contributed by atoms with Crippen molar-refractivity contribution in [3.05, 3.63) is 60.6 Å². The first kappa shape index (κ1) is 22.2. The van der Waals surface area contributed by atoms with Gasteiger partial charge in [0.25, 0.3) is 11.5 Å². The number of halogens is 4. The number of alkyl halides is 2. The normalized spacial score (nSPS) is 12.5. The molecule has 0 bridgehead atoms. The third-order valence-electron chi connectivity index (χ3n) is 3.72. The van der Waals surface area contributed by atoms with Crippen LogP contribution in [-0.2, 0) is 15.5 Å². The lowest BCUT2D eigenvalue weighted by Crippen LogP contribution is -2.45. The van der Waals surface area contributed by atoms with Crippen LogP contribution >= 0.6 is 15.9 Å². The van der Waals surface area contributed by atoms with E-state index in [4.69, 9.17) is 10.9 Å². The zero-order valence-electron chi connectivity index (χ0n) is 14.8. The van der Waals surface area contributed by atoms with Crippen LogP contribution in [0.2, 0.25) is 0 Å². The molecule has 0 aliphatic heterocycles. The molecular formula is C16H13BrF3N3O6. The average Bonchev–Trinajstić information content (AvgIpc) is 2.58. The first-order chi connectivity index (χ1) is 13.3. The quantitative estimate of drug-likeness (QED) is 0.488. The summed E-state index contributed by atoms with van der Waals surface area (Å²) >= 11 is 2.89. The zero-order valence-corrected chi connectivity index (χ0v) is 16.4. The van der Waals surface area contributed by atoms with E-state index in [1.54, 1.807) is 0 Å². The molecule has 0 saturated heterocycles. The molecule has 0 aliphatic carbocycles. The molecule has 1 unspecified atom stereocenters. The molecule has 0 aliphatic rings. The lowest BCUT2D eigenvalue weighted by molar-refractivity contribution is -0.146. The van der Waals surface area contributed by atoms with Crippen molar-refractivity contribution in [1.29, 1.82) is 0 Å². The van der Waals surface area contributed by atoms with Crippen LogP contribution in [0.15, 0.2) is 32.3 Å². The molecule has 13 heteroatoms. The maximum atomic E-state index is 14.4. The fourth-order valence-corrected chi connectivity index (χ4v) is 2.73. The van der Waals surface area contributed by atoms with Gasteiger partial charge in [0.2, 0.25) is 0 Å². The summed E-state index contributed by atoms with van der Waals surface area (Å²) < 4.78 is 46.1. The molecule has 0 radical (unpaired) electrons. The maximum absolute atomic E-state index is 14.4.